The highest BCUT2D eigenvalue weighted by atomic mass is 15.0. The van der Waals surface area contributed by atoms with Crippen LogP contribution in [0.25, 0.3) is 0 Å². The fourth-order valence-corrected chi connectivity index (χ4v) is 2.27. The molecule has 3 nitrogen and oxygen atoms in total. The zero-order valence-corrected chi connectivity index (χ0v) is 11.5. The van der Waals surface area contributed by atoms with E-state index in [4.69, 9.17) is 0 Å². The van der Waals surface area contributed by atoms with Crippen molar-refractivity contribution in [2.75, 3.05) is 18.4 Å². The molecule has 0 radical (unpaired) electrons. The largest absolute Gasteiger partial charge is 0.381 e. The van der Waals surface area contributed by atoms with E-state index < -0.39 is 0 Å². The lowest BCUT2D eigenvalue weighted by atomic mass is 10.1. The first kappa shape index (κ1) is 12.7. The minimum Gasteiger partial charge on any atom is -0.381 e. The average Bonchev–Trinajstić information content (AvgIpc) is 2.55. The Kier molecular flexibility index (Phi) is 3.97. The van der Waals surface area contributed by atoms with E-state index in [0.29, 0.717) is 0 Å². The molecule has 0 amide bonds. The molecule has 0 bridgehead atoms. The van der Waals surface area contributed by atoms with E-state index in [-0.39, 0.29) is 0 Å². The standard InChI is InChI=1S/C17H19N3/c1-2-5-14(6-3-1)13-20-16-9-7-15(8-10-16)17-18-11-4-12-19-17/h1-3,5-10,20H,4,11-13H2,(H,18,19). The van der Waals surface area contributed by atoms with Crippen LogP contribution in [0, 0.1) is 0 Å². The van der Waals surface area contributed by atoms with Gasteiger partial charge in [0.1, 0.15) is 5.84 Å². The highest BCUT2D eigenvalue weighted by molar-refractivity contribution is 5.99. The Labute approximate surface area is 119 Å². The smallest absolute Gasteiger partial charge is 0.128 e. The molecule has 102 valence electrons. The maximum atomic E-state index is 4.51. The summed E-state index contributed by atoms with van der Waals surface area (Å²) < 4.78 is 0. The molecule has 0 aliphatic carbocycles. The maximum absolute atomic E-state index is 4.51. The van der Waals surface area contributed by atoms with Gasteiger partial charge in [-0.1, -0.05) is 30.3 Å². The molecule has 3 rings (SSSR count). The molecule has 0 fully saturated rings. The number of rotatable bonds is 4. The lowest BCUT2D eigenvalue weighted by Gasteiger charge is -2.15. The van der Waals surface area contributed by atoms with Gasteiger partial charge in [0.25, 0.3) is 0 Å². The van der Waals surface area contributed by atoms with Gasteiger partial charge in [-0.05, 0) is 36.2 Å². The first-order valence-electron chi connectivity index (χ1n) is 7.08. The Balaban J connectivity index is 1.63. The average molecular weight is 265 g/mol. The van der Waals surface area contributed by atoms with Crippen molar-refractivity contribution >= 4 is 11.5 Å². The first-order valence-corrected chi connectivity index (χ1v) is 7.08. The molecule has 0 spiro atoms. The van der Waals surface area contributed by atoms with Crippen LogP contribution in [0.4, 0.5) is 5.69 Å². The predicted molar refractivity (Wildman–Crippen MR) is 84.2 cm³/mol. The van der Waals surface area contributed by atoms with Crippen LogP contribution >= 0.6 is 0 Å². The molecule has 1 heterocycles. The monoisotopic (exact) mass is 265 g/mol. The summed E-state index contributed by atoms with van der Waals surface area (Å²) in [6, 6.07) is 18.9. The summed E-state index contributed by atoms with van der Waals surface area (Å²) in [6.45, 7) is 2.79. The molecule has 3 heteroatoms. The third-order valence-electron chi connectivity index (χ3n) is 3.40. The van der Waals surface area contributed by atoms with E-state index in [1.807, 2.05) is 6.07 Å². The number of nitrogens with one attached hydrogen (secondary N) is 2. The second-order valence-corrected chi connectivity index (χ2v) is 4.93. The van der Waals surface area contributed by atoms with Gasteiger partial charge < -0.3 is 10.6 Å². The summed E-state index contributed by atoms with van der Waals surface area (Å²) in [4.78, 5) is 4.51. The molecular weight excluding hydrogens is 246 g/mol. The summed E-state index contributed by atoms with van der Waals surface area (Å²) in [5, 5.41) is 6.77. The molecule has 2 aromatic rings. The fraction of sp³-hybridized carbons (Fsp3) is 0.235. The lowest BCUT2D eigenvalue weighted by molar-refractivity contribution is 0.742. The molecule has 0 aromatic heterocycles. The number of hydrogen-bond donors (Lipinski definition) is 2. The number of benzene rings is 2. The minimum absolute atomic E-state index is 0.847. The van der Waals surface area contributed by atoms with Crippen molar-refractivity contribution in [3.05, 3.63) is 65.7 Å². The highest BCUT2D eigenvalue weighted by Gasteiger charge is 2.06. The second-order valence-electron chi connectivity index (χ2n) is 4.93. The Morgan fingerprint density at radius 1 is 1.00 bits per heavy atom. The first-order chi connectivity index (χ1) is 9.92. The van der Waals surface area contributed by atoms with Gasteiger partial charge in [0.05, 0.1) is 0 Å². The summed E-state index contributed by atoms with van der Waals surface area (Å²) in [6.07, 6.45) is 1.13. The van der Waals surface area contributed by atoms with Gasteiger partial charge in [0.2, 0.25) is 0 Å². The van der Waals surface area contributed by atoms with Crippen LogP contribution in [-0.4, -0.2) is 18.9 Å². The predicted octanol–water partition coefficient (Wildman–Crippen LogP) is 3.04. The van der Waals surface area contributed by atoms with Gasteiger partial charge in [-0.25, -0.2) is 0 Å². The van der Waals surface area contributed by atoms with Gasteiger partial charge in [-0.15, -0.1) is 0 Å². The van der Waals surface area contributed by atoms with Crippen LogP contribution in [0.1, 0.15) is 17.5 Å². The Bertz CT molecular complexity index is 573. The van der Waals surface area contributed by atoms with E-state index >= 15 is 0 Å². The summed E-state index contributed by atoms with van der Waals surface area (Å²) in [5.41, 5.74) is 3.58. The Morgan fingerprint density at radius 2 is 1.80 bits per heavy atom. The van der Waals surface area contributed by atoms with Crippen molar-refractivity contribution in [3.63, 3.8) is 0 Å². The zero-order valence-electron chi connectivity index (χ0n) is 11.5. The third kappa shape index (κ3) is 3.18. The van der Waals surface area contributed by atoms with Crippen molar-refractivity contribution in [1.82, 2.24) is 5.32 Å². The van der Waals surface area contributed by atoms with Gasteiger partial charge >= 0.3 is 0 Å². The molecule has 0 atom stereocenters. The van der Waals surface area contributed by atoms with E-state index in [9.17, 15) is 0 Å². The highest BCUT2D eigenvalue weighted by Crippen LogP contribution is 2.12. The van der Waals surface area contributed by atoms with Gasteiger partial charge in [0.15, 0.2) is 0 Å². The van der Waals surface area contributed by atoms with Gasteiger partial charge in [-0.3, -0.25) is 4.99 Å². The number of aliphatic imine (C=N–C) groups is 1. The molecule has 1 aliphatic rings. The van der Waals surface area contributed by atoms with Crippen molar-refractivity contribution in [1.29, 1.82) is 0 Å². The Hall–Kier alpha value is -2.29. The van der Waals surface area contributed by atoms with E-state index in [1.165, 1.54) is 5.56 Å². The van der Waals surface area contributed by atoms with Crippen LogP contribution in [0.3, 0.4) is 0 Å². The van der Waals surface area contributed by atoms with E-state index in [2.05, 4.69) is 64.2 Å². The minimum atomic E-state index is 0.847. The number of nitrogens with zero attached hydrogens (tertiary/aromatic N) is 1. The van der Waals surface area contributed by atoms with E-state index in [1.54, 1.807) is 0 Å². The maximum Gasteiger partial charge on any atom is 0.128 e. The van der Waals surface area contributed by atoms with Crippen LogP contribution in [0.2, 0.25) is 0 Å². The van der Waals surface area contributed by atoms with E-state index in [0.717, 1.165) is 43.1 Å². The topological polar surface area (TPSA) is 36.4 Å². The quantitative estimate of drug-likeness (QED) is 0.891. The summed E-state index contributed by atoms with van der Waals surface area (Å²) in [5.74, 6) is 1.02. The lowest BCUT2D eigenvalue weighted by Crippen LogP contribution is -2.30. The van der Waals surface area contributed by atoms with Crippen LogP contribution in [0.5, 0.6) is 0 Å². The van der Waals surface area contributed by atoms with Gasteiger partial charge in [0, 0.05) is 30.9 Å². The molecule has 20 heavy (non-hydrogen) atoms. The Morgan fingerprint density at radius 3 is 2.50 bits per heavy atom. The van der Waals surface area contributed by atoms with Crippen LogP contribution in [-0.2, 0) is 6.54 Å². The zero-order chi connectivity index (χ0) is 13.6. The normalized spacial score (nSPS) is 14.3. The summed E-state index contributed by atoms with van der Waals surface area (Å²) >= 11 is 0. The molecule has 0 saturated carbocycles. The van der Waals surface area contributed by atoms with Crippen molar-refractivity contribution in [2.24, 2.45) is 4.99 Å². The molecule has 1 aliphatic heterocycles. The van der Waals surface area contributed by atoms with Crippen molar-refractivity contribution in [3.8, 4) is 0 Å². The van der Waals surface area contributed by atoms with Gasteiger partial charge in [-0.2, -0.15) is 0 Å². The summed E-state index contributed by atoms with van der Waals surface area (Å²) in [7, 11) is 0. The molecule has 0 saturated heterocycles. The number of hydrogen-bond acceptors (Lipinski definition) is 3. The fourth-order valence-electron chi connectivity index (χ4n) is 2.27. The molecular formula is C17H19N3. The number of amidine groups is 1. The number of anilines is 1. The second kappa shape index (κ2) is 6.24. The molecule has 0 unspecified atom stereocenters. The SMILES string of the molecule is c1ccc(CNc2ccc(C3=NCCCN3)cc2)cc1. The molecule has 2 aromatic carbocycles. The van der Waals surface area contributed by atoms with Crippen LogP contribution in [0.15, 0.2) is 59.6 Å². The van der Waals surface area contributed by atoms with Crippen LogP contribution < -0.4 is 10.6 Å². The third-order valence-corrected chi connectivity index (χ3v) is 3.40. The van der Waals surface area contributed by atoms with Crippen molar-refractivity contribution < 1.29 is 0 Å². The van der Waals surface area contributed by atoms with Crippen molar-refractivity contribution in [2.45, 2.75) is 13.0 Å². The molecule has 2 N–H and O–H groups in total.